The summed E-state index contributed by atoms with van der Waals surface area (Å²) in [5, 5.41) is 10.1. The van der Waals surface area contributed by atoms with Crippen molar-refractivity contribution in [3.8, 4) is 11.1 Å². The monoisotopic (exact) mass is 392 g/mol. The zero-order valence-electron chi connectivity index (χ0n) is 17.3. The minimum atomic E-state index is -0.393. The van der Waals surface area contributed by atoms with Gasteiger partial charge in [0.05, 0.1) is 18.2 Å². The summed E-state index contributed by atoms with van der Waals surface area (Å²) in [6, 6.07) is 16.5. The van der Waals surface area contributed by atoms with Crippen LogP contribution in [0, 0.1) is 6.92 Å². The van der Waals surface area contributed by atoms with Gasteiger partial charge in [0.15, 0.2) is 0 Å². The first-order valence-electron chi connectivity index (χ1n) is 10.3. The second-order valence-corrected chi connectivity index (χ2v) is 8.26. The Bertz CT molecular complexity index is 931. The molecule has 2 aromatic rings. The van der Waals surface area contributed by atoms with E-state index in [1.165, 1.54) is 11.1 Å². The lowest BCUT2D eigenvalue weighted by atomic mass is 9.60. The molecule has 152 valence electrons. The lowest BCUT2D eigenvalue weighted by Crippen LogP contribution is -2.85. The van der Waals surface area contributed by atoms with Gasteiger partial charge in [0.1, 0.15) is 0 Å². The topological polar surface area (TPSA) is 60.9 Å². The molecule has 0 aromatic heterocycles. The molecular weight excluding hydrogens is 364 g/mol. The van der Waals surface area contributed by atoms with Gasteiger partial charge >= 0.3 is 0 Å². The van der Waals surface area contributed by atoms with Crippen molar-refractivity contribution in [3.05, 3.63) is 59.7 Å². The number of nitrogens with zero attached hydrogens (tertiary/aromatic N) is 2. The van der Waals surface area contributed by atoms with Crippen LogP contribution in [0.25, 0.3) is 11.1 Å². The lowest BCUT2D eigenvalue weighted by molar-refractivity contribution is -0.202. The average molecular weight is 392 g/mol. The fraction of sp³-hybridized carbons (Fsp3) is 0.417. The number of benzene rings is 2. The summed E-state index contributed by atoms with van der Waals surface area (Å²) in [4.78, 5) is 28.0. The van der Waals surface area contributed by atoms with E-state index >= 15 is 0 Å². The Morgan fingerprint density at radius 3 is 2.31 bits per heavy atom. The third kappa shape index (κ3) is 2.96. The summed E-state index contributed by atoms with van der Waals surface area (Å²) in [7, 11) is 0. The highest BCUT2D eigenvalue weighted by Gasteiger charge is 2.67. The predicted octanol–water partition coefficient (Wildman–Crippen LogP) is 2.96. The largest absolute Gasteiger partial charge is 0.394 e. The second kappa shape index (κ2) is 7.30. The maximum atomic E-state index is 12.6. The Labute approximate surface area is 171 Å². The molecule has 5 nitrogen and oxygen atoms in total. The van der Waals surface area contributed by atoms with Gasteiger partial charge in [-0.1, -0.05) is 55.5 Å². The normalized spacial score (nSPS) is 22.2. The molecule has 0 unspecified atom stereocenters. The number of carbonyl (C=O) groups excluding carboxylic acids is 2. The molecule has 5 heteroatoms. The molecule has 0 saturated carbocycles. The number of hydrogen-bond acceptors (Lipinski definition) is 3. The van der Waals surface area contributed by atoms with Gasteiger partial charge in [-0.15, -0.1) is 0 Å². The number of amides is 2. The van der Waals surface area contributed by atoms with Crippen molar-refractivity contribution in [2.24, 2.45) is 0 Å². The van der Waals surface area contributed by atoms with Gasteiger partial charge < -0.3 is 14.9 Å². The maximum absolute atomic E-state index is 12.6. The van der Waals surface area contributed by atoms with Gasteiger partial charge in [0, 0.05) is 32.4 Å². The van der Waals surface area contributed by atoms with Gasteiger partial charge in [-0.2, -0.15) is 0 Å². The quantitative estimate of drug-likeness (QED) is 0.870. The number of aliphatic hydroxyl groups excluding tert-OH is 1. The highest BCUT2D eigenvalue weighted by atomic mass is 16.3. The first kappa shape index (κ1) is 19.6. The van der Waals surface area contributed by atoms with Crippen LogP contribution >= 0.6 is 0 Å². The Balaban J connectivity index is 1.66. The van der Waals surface area contributed by atoms with Crippen molar-refractivity contribution in [3.63, 3.8) is 0 Å². The molecule has 2 aliphatic heterocycles. The zero-order chi connectivity index (χ0) is 20.8. The number of hydrogen-bond donors (Lipinski definition) is 1. The van der Waals surface area contributed by atoms with Gasteiger partial charge in [0.2, 0.25) is 11.8 Å². The molecule has 2 atom stereocenters. The van der Waals surface area contributed by atoms with Crippen LogP contribution in [0.4, 0.5) is 0 Å². The fourth-order valence-corrected chi connectivity index (χ4v) is 5.18. The maximum Gasteiger partial charge on any atom is 0.223 e. The molecule has 4 rings (SSSR count). The van der Waals surface area contributed by atoms with Crippen molar-refractivity contribution in [2.45, 2.75) is 44.7 Å². The molecule has 2 fully saturated rings. The molecule has 0 radical (unpaired) electrons. The molecule has 29 heavy (non-hydrogen) atoms. The van der Waals surface area contributed by atoms with E-state index in [4.69, 9.17) is 0 Å². The molecule has 2 aliphatic rings. The second-order valence-electron chi connectivity index (χ2n) is 8.26. The molecule has 0 aliphatic carbocycles. The van der Waals surface area contributed by atoms with Gasteiger partial charge in [-0.25, -0.2) is 0 Å². The molecule has 2 heterocycles. The molecular formula is C24H28N2O3. The lowest BCUT2D eigenvalue weighted by Gasteiger charge is -2.70. The van der Waals surface area contributed by atoms with Crippen LogP contribution in [-0.4, -0.2) is 58.0 Å². The average Bonchev–Trinajstić information content (AvgIpc) is 2.67. The smallest absolute Gasteiger partial charge is 0.223 e. The summed E-state index contributed by atoms with van der Waals surface area (Å²) in [6.45, 7) is 6.51. The van der Waals surface area contributed by atoms with Crippen molar-refractivity contribution in [1.29, 1.82) is 0 Å². The Kier molecular flexibility index (Phi) is 4.95. The number of likely N-dealkylation sites (tertiary alicyclic amines) is 2. The van der Waals surface area contributed by atoms with Crippen molar-refractivity contribution < 1.29 is 14.7 Å². The summed E-state index contributed by atoms with van der Waals surface area (Å²) in [5.41, 5.74) is 4.31. The summed E-state index contributed by atoms with van der Waals surface area (Å²) in [5.74, 6) is 0.102. The highest BCUT2D eigenvalue weighted by molar-refractivity contribution is 5.82. The van der Waals surface area contributed by atoms with E-state index in [0.717, 1.165) is 11.1 Å². The van der Waals surface area contributed by atoms with Gasteiger partial charge in [0.25, 0.3) is 0 Å². The van der Waals surface area contributed by atoms with E-state index in [2.05, 4.69) is 43.3 Å². The van der Waals surface area contributed by atoms with E-state index in [1.807, 2.05) is 24.0 Å². The van der Waals surface area contributed by atoms with Crippen LogP contribution in [0.1, 0.15) is 37.3 Å². The zero-order valence-corrected chi connectivity index (χ0v) is 17.3. The minimum absolute atomic E-state index is 0.0284. The number of aliphatic hydroxyl groups is 1. The van der Waals surface area contributed by atoms with Gasteiger partial charge in [-0.05, 0) is 29.2 Å². The highest BCUT2D eigenvalue weighted by Crippen LogP contribution is 2.54. The molecule has 1 spiro atoms. The van der Waals surface area contributed by atoms with Crippen LogP contribution in [0.3, 0.4) is 0 Å². The van der Waals surface area contributed by atoms with E-state index in [9.17, 15) is 14.7 Å². The van der Waals surface area contributed by atoms with Crippen LogP contribution < -0.4 is 0 Å². The van der Waals surface area contributed by atoms with Crippen LogP contribution in [0.2, 0.25) is 0 Å². The third-order valence-corrected chi connectivity index (χ3v) is 6.63. The number of rotatable bonds is 4. The van der Waals surface area contributed by atoms with Crippen LogP contribution in [0.15, 0.2) is 48.5 Å². The Morgan fingerprint density at radius 2 is 1.76 bits per heavy atom. The van der Waals surface area contributed by atoms with Crippen molar-refractivity contribution in [2.75, 3.05) is 19.7 Å². The Hall–Kier alpha value is -2.66. The standard InChI is InChI=1S/C24H28N2O3/c1-4-22(29)26-21(13-27)23(24(26)14-25(15-24)17(3)28)19-11-9-18(10-12-19)20-8-6-5-7-16(20)2/h5-12,21,23,27H,4,13-15H2,1-3H3/t21-,23+/m0/s1. The first-order chi connectivity index (χ1) is 13.9. The van der Waals surface area contributed by atoms with Crippen molar-refractivity contribution in [1.82, 2.24) is 9.80 Å². The van der Waals surface area contributed by atoms with Crippen LogP contribution in [0.5, 0.6) is 0 Å². The van der Waals surface area contributed by atoms with E-state index in [-0.39, 0.29) is 30.4 Å². The SMILES string of the molecule is CCC(=O)N1[C@@H](CO)[C@@H](c2ccc(-c3ccccc3C)cc2)C12CN(C(C)=O)C2. The predicted molar refractivity (Wildman–Crippen MR) is 112 cm³/mol. The number of aryl methyl sites for hydroxylation is 1. The van der Waals surface area contributed by atoms with Crippen LogP contribution in [-0.2, 0) is 9.59 Å². The van der Waals surface area contributed by atoms with E-state index < -0.39 is 5.54 Å². The van der Waals surface area contributed by atoms with E-state index in [0.29, 0.717) is 19.5 Å². The number of carbonyl (C=O) groups is 2. The summed E-state index contributed by atoms with van der Waals surface area (Å²) >= 11 is 0. The molecule has 0 bridgehead atoms. The summed E-state index contributed by atoms with van der Waals surface area (Å²) in [6.07, 6.45) is 0.400. The fourth-order valence-electron chi connectivity index (χ4n) is 5.18. The van der Waals surface area contributed by atoms with E-state index in [1.54, 1.807) is 11.8 Å². The molecule has 2 amide bonds. The van der Waals surface area contributed by atoms with Gasteiger partial charge in [-0.3, -0.25) is 9.59 Å². The van der Waals surface area contributed by atoms with Crippen molar-refractivity contribution >= 4 is 11.8 Å². The minimum Gasteiger partial charge on any atom is -0.394 e. The molecule has 2 saturated heterocycles. The first-order valence-corrected chi connectivity index (χ1v) is 10.3. The third-order valence-electron chi connectivity index (χ3n) is 6.63. The summed E-state index contributed by atoms with van der Waals surface area (Å²) < 4.78 is 0. The molecule has 2 aromatic carbocycles. The molecule has 1 N–H and O–H groups in total. The Morgan fingerprint density at radius 1 is 1.10 bits per heavy atom.